The molecule has 0 aliphatic heterocycles. The quantitative estimate of drug-likeness (QED) is 0.695. The van der Waals surface area contributed by atoms with Gasteiger partial charge in [0, 0.05) is 17.3 Å². The Bertz CT molecular complexity index is 1080. The SMILES string of the molecule is COc1ccc(S(=O)(=O)NCc2cccc(C(=O)O)c2)c2ccccc12. The molecule has 26 heavy (non-hydrogen) atoms. The van der Waals surface area contributed by atoms with Gasteiger partial charge in [-0.2, -0.15) is 0 Å². The van der Waals surface area contributed by atoms with Crippen LogP contribution in [0.4, 0.5) is 0 Å². The molecule has 2 N–H and O–H groups in total. The first-order chi connectivity index (χ1) is 12.4. The Labute approximate surface area is 151 Å². The lowest BCUT2D eigenvalue weighted by atomic mass is 10.1. The number of benzene rings is 3. The van der Waals surface area contributed by atoms with Crippen molar-refractivity contribution in [2.75, 3.05) is 7.11 Å². The van der Waals surface area contributed by atoms with Crippen LogP contribution in [0.2, 0.25) is 0 Å². The monoisotopic (exact) mass is 371 g/mol. The molecule has 0 aromatic heterocycles. The van der Waals surface area contributed by atoms with Crippen LogP contribution in [0.5, 0.6) is 5.75 Å². The predicted octanol–water partition coefficient (Wildman–Crippen LogP) is 3.03. The van der Waals surface area contributed by atoms with E-state index < -0.39 is 16.0 Å². The molecule has 3 aromatic carbocycles. The second-order valence-electron chi connectivity index (χ2n) is 5.64. The summed E-state index contributed by atoms with van der Waals surface area (Å²) in [5.74, 6) is -0.468. The lowest BCUT2D eigenvalue weighted by molar-refractivity contribution is 0.0696. The number of hydrogen-bond donors (Lipinski definition) is 2. The number of methoxy groups -OCH3 is 1. The highest BCUT2D eigenvalue weighted by molar-refractivity contribution is 7.89. The van der Waals surface area contributed by atoms with Gasteiger partial charge in [0.2, 0.25) is 10.0 Å². The third kappa shape index (κ3) is 3.54. The Balaban J connectivity index is 1.93. The van der Waals surface area contributed by atoms with Crippen LogP contribution >= 0.6 is 0 Å². The van der Waals surface area contributed by atoms with Gasteiger partial charge in [-0.3, -0.25) is 0 Å². The van der Waals surface area contributed by atoms with Gasteiger partial charge in [-0.05, 0) is 29.8 Å². The van der Waals surface area contributed by atoms with Gasteiger partial charge in [0.25, 0.3) is 0 Å². The summed E-state index contributed by atoms with van der Waals surface area (Å²) in [6, 6.07) is 16.3. The normalized spacial score (nSPS) is 11.4. The Morgan fingerprint density at radius 1 is 1.04 bits per heavy atom. The summed E-state index contributed by atoms with van der Waals surface area (Å²) < 4.78 is 33.4. The van der Waals surface area contributed by atoms with Crippen LogP contribution in [0.1, 0.15) is 15.9 Å². The van der Waals surface area contributed by atoms with Crippen molar-refractivity contribution < 1.29 is 23.1 Å². The average Bonchev–Trinajstić information content (AvgIpc) is 2.65. The van der Waals surface area contributed by atoms with Crippen LogP contribution in [0.15, 0.2) is 65.6 Å². The summed E-state index contributed by atoms with van der Waals surface area (Å²) in [6.45, 7) is -0.0101. The minimum Gasteiger partial charge on any atom is -0.496 e. The Kier molecular flexibility index (Phi) is 4.92. The van der Waals surface area contributed by atoms with Crippen molar-refractivity contribution in [2.24, 2.45) is 0 Å². The summed E-state index contributed by atoms with van der Waals surface area (Å²) in [5, 5.41) is 10.3. The molecule has 0 spiro atoms. The summed E-state index contributed by atoms with van der Waals surface area (Å²) in [7, 11) is -2.26. The van der Waals surface area contributed by atoms with Crippen LogP contribution in [0.25, 0.3) is 10.8 Å². The molecule has 0 atom stereocenters. The number of carbonyl (C=O) groups is 1. The first-order valence-corrected chi connectivity index (χ1v) is 9.28. The van der Waals surface area contributed by atoms with Crippen molar-refractivity contribution in [2.45, 2.75) is 11.4 Å². The van der Waals surface area contributed by atoms with Gasteiger partial charge in [0.1, 0.15) is 5.75 Å². The first kappa shape index (κ1) is 17.9. The zero-order valence-corrected chi connectivity index (χ0v) is 14.8. The van der Waals surface area contributed by atoms with E-state index in [1.165, 1.54) is 25.3 Å². The third-order valence-electron chi connectivity index (χ3n) is 3.99. The van der Waals surface area contributed by atoms with E-state index in [9.17, 15) is 13.2 Å². The molecular formula is C19H17NO5S. The first-order valence-electron chi connectivity index (χ1n) is 7.80. The number of fused-ring (bicyclic) bond motifs is 1. The molecule has 0 unspecified atom stereocenters. The summed E-state index contributed by atoms with van der Waals surface area (Å²) in [6.07, 6.45) is 0. The van der Waals surface area contributed by atoms with E-state index in [0.717, 1.165) is 0 Å². The number of aromatic carboxylic acids is 1. The fourth-order valence-corrected chi connectivity index (χ4v) is 3.95. The van der Waals surface area contributed by atoms with E-state index in [1.54, 1.807) is 36.4 Å². The zero-order chi connectivity index (χ0) is 18.7. The minimum absolute atomic E-state index is 0.0101. The van der Waals surface area contributed by atoms with Crippen LogP contribution < -0.4 is 9.46 Å². The number of rotatable bonds is 6. The van der Waals surface area contributed by atoms with Crippen molar-refractivity contribution in [1.29, 1.82) is 0 Å². The number of ether oxygens (including phenoxy) is 1. The molecule has 0 fully saturated rings. The third-order valence-corrected chi connectivity index (χ3v) is 5.45. The second-order valence-corrected chi connectivity index (χ2v) is 7.38. The van der Waals surface area contributed by atoms with Crippen LogP contribution in [0.3, 0.4) is 0 Å². The maximum Gasteiger partial charge on any atom is 0.335 e. The highest BCUT2D eigenvalue weighted by Crippen LogP contribution is 2.30. The lowest BCUT2D eigenvalue weighted by Gasteiger charge is -2.12. The number of nitrogens with one attached hydrogen (secondary N) is 1. The standard InChI is InChI=1S/C19H17NO5S/c1-25-17-9-10-18(16-8-3-2-7-15(16)17)26(23,24)20-12-13-5-4-6-14(11-13)19(21)22/h2-11,20H,12H2,1H3,(H,21,22). The number of hydrogen-bond acceptors (Lipinski definition) is 4. The van der Waals surface area contributed by atoms with Crippen molar-refractivity contribution in [3.05, 3.63) is 71.8 Å². The number of carboxylic acid groups (broad SMARTS) is 1. The Morgan fingerprint density at radius 3 is 2.46 bits per heavy atom. The smallest absolute Gasteiger partial charge is 0.335 e. The second kappa shape index (κ2) is 7.15. The Hall–Kier alpha value is -2.90. The summed E-state index contributed by atoms with van der Waals surface area (Å²) >= 11 is 0. The van der Waals surface area contributed by atoms with E-state index in [0.29, 0.717) is 22.1 Å². The molecule has 134 valence electrons. The maximum atomic E-state index is 12.8. The molecule has 3 aromatic rings. The van der Waals surface area contributed by atoms with Gasteiger partial charge in [-0.25, -0.2) is 17.9 Å². The molecule has 6 nitrogen and oxygen atoms in total. The summed E-state index contributed by atoms with van der Waals surface area (Å²) in [5.41, 5.74) is 0.669. The van der Waals surface area contributed by atoms with Crippen LogP contribution in [-0.4, -0.2) is 26.6 Å². The van der Waals surface area contributed by atoms with Crippen LogP contribution in [-0.2, 0) is 16.6 Å². The molecular weight excluding hydrogens is 354 g/mol. The highest BCUT2D eigenvalue weighted by atomic mass is 32.2. The minimum atomic E-state index is -3.80. The topological polar surface area (TPSA) is 92.7 Å². The van der Waals surface area contributed by atoms with Crippen molar-refractivity contribution in [3.8, 4) is 5.75 Å². The molecule has 0 aliphatic carbocycles. The molecule has 0 saturated heterocycles. The molecule has 0 amide bonds. The van der Waals surface area contributed by atoms with E-state index in [1.807, 2.05) is 6.07 Å². The van der Waals surface area contributed by atoms with E-state index in [-0.39, 0.29) is 17.0 Å². The summed E-state index contributed by atoms with van der Waals surface area (Å²) in [4.78, 5) is 11.2. The van der Waals surface area contributed by atoms with E-state index >= 15 is 0 Å². The fourth-order valence-electron chi connectivity index (χ4n) is 2.73. The zero-order valence-electron chi connectivity index (χ0n) is 14.0. The van der Waals surface area contributed by atoms with E-state index in [2.05, 4.69) is 4.72 Å². The number of carboxylic acids is 1. The molecule has 0 heterocycles. The molecule has 3 rings (SSSR count). The Morgan fingerprint density at radius 2 is 1.77 bits per heavy atom. The van der Waals surface area contributed by atoms with Gasteiger partial charge in [-0.15, -0.1) is 0 Å². The number of sulfonamides is 1. The highest BCUT2D eigenvalue weighted by Gasteiger charge is 2.19. The molecule has 0 aliphatic rings. The van der Waals surface area contributed by atoms with Crippen molar-refractivity contribution in [1.82, 2.24) is 4.72 Å². The molecule has 7 heteroatoms. The lowest BCUT2D eigenvalue weighted by Crippen LogP contribution is -2.23. The van der Waals surface area contributed by atoms with Crippen molar-refractivity contribution >= 4 is 26.8 Å². The molecule has 0 bridgehead atoms. The average molecular weight is 371 g/mol. The van der Waals surface area contributed by atoms with Gasteiger partial charge in [-0.1, -0.05) is 36.4 Å². The predicted molar refractivity (Wildman–Crippen MR) is 97.9 cm³/mol. The maximum absolute atomic E-state index is 12.8. The van der Waals surface area contributed by atoms with E-state index in [4.69, 9.17) is 9.84 Å². The van der Waals surface area contributed by atoms with Gasteiger partial charge in [0.05, 0.1) is 17.6 Å². The van der Waals surface area contributed by atoms with Gasteiger partial charge in [0.15, 0.2) is 0 Å². The fraction of sp³-hybridized carbons (Fsp3) is 0.105. The van der Waals surface area contributed by atoms with Crippen molar-refractivity contribution in [3.63, 3.8) is 0 Å². The molecule has 0 saturated carbocycles. The largest absolute Gasteiger partial charge is 0.496 e. The molecule has 0 radical (unpaired) electrons. The van der Waals surface area contributed by atoms with Gasteiger partial charge >= 0.3 is 5.97 Å². The van der Waals surface area contributed by atoms with Crippen LogP contribution in [0, 0.1) is 0 Å². The van der Waals surface area contributed by atoms with Gasteiger partial charge < -0.3 is 9.84 Å².